The van der Waals surface area contributed by atoms with Crippen molar-refractivity contribution in [2.45, 2.75) is 26.3 Å². The Balaban J connectivity index is 1.34. The highest BCUT2D eigenvalue weighted by Gasteiger charge is 2.25. The quantitative estimate of drug-likeness (QED) is 0.526. The van der Waals surface area contributed by atoms with E-state index in [0.29, 0.717) is 31.1 Å². The summed E-state index contributed by atoms with van der Waals surface area (Å²) in [7, 11) is 0. The highest BCUT2D eigenvalue weighted by Crippen LogP contribution is 2.21. The highest BCUT2D eigenvalue weighted by atomic mass is 16.2. The van der Waals surface area contributed by atoms with Crippen LogP contribution < -0.4 is 10.6 Å². The molecule has 0 bridgehead atoms. The normalized spacial score (nSPS) is 18.9. The van der Waals surface area contributed by atoms with Crippen LogP contribution in [0.1, 0.15) is 34.8 Å². The fourth-order valence-corrected chi connectivity index (χ4v) is 4.48. The second kappa shape index (κ2) is 11.0. The van der Waals surface area contributed by atoms with E-state index in [1.807, 2.05) is 24.3 Å². The molecule has 1 atom stereocenters. The Morgan fingerprint density at radius 2 is 1.85 bits per heavy atom. The third-order valence-electron chi connectivity index (χ3n) is 6.23. The number of hydrogen-bond donors (Lipinski definition) is 2. The van der Waals surface area contributed by atoms with E-state index in [1.165, 1.54) is 12.0 Å². The second-order valence-corrected chi connectivity index (χ2v) is 8.73. The van der Waals surface area contributed by atoms with Gasteiger partial charge in [0.1, 0.15) is 0 Å². The molecular weight excluding hydrogens is 414 g/mol. The summed E-state index contributed by atoms with van der Waals surface area (Å²) < 4.78 is 0. The van der Waals surface area contributed by atoms with Crippen LogP contribution in [0.3, 0.4) is 0 Å². The summed E-state index contributed by atoms with van der Waals surface area (Å²) in [5.41, 5.74) is 3.05. The van der Waals surface area contributed by atoms with Crippen LogP contribution in [-0.2, 0) is 17.8 Å². The maximum Gasteiger partial charge on any atom is 0.254 e. The maximum atomic E-state index is 12.6. The van der Waals surface area contributed by atoms with Gasteiger partial charge in [-0.2, -0.15) is 0 Å². The first-order valence-electron chi connectivity index (χ1n) is 11.8. The Labute approximate surface area is 195 Å². The standard InChI is InChI=1S/C26H33N5O2/c1-2-27-26(31-14-12-22(18-31)16-20-6-4-3-5-7-20)29-17-21-8-10-23(11-9-21)25(33)30-15-13-28-24(32)19-30/h3-11,22H,2,12-19H2,1H3,(H,27,29)(H,28,32). The molecule has 7 nitrogen and oxygen atoms in total. The molecule has 7 heteroatoms. The lowest BCUT2D eigenvalue weighted by atomic mass is 9.99. The number of piperazine rings is 1. The van der Waals surface area contributed by atoms with Gasteiger partial charge >= 0.3 is 0 Å². The first-order chi connectivity index (χ1) is 16.1. The average Bonchev–Trinajstić information content (AvgIpc) is 3.30. The molecule has 33 heavy (non-hydrogen) atoms. The Bertz CT molecular complexity index is 974. The molecule has 2 aromatic carbocycles. The molecule has 0 aromatic heterocycles. The summed E-state index contributed by atoms with van der Waals surface area (Å²) in [6, 6.07) is 18.3. The first kappa shape index (κ1) is 22.8. The number of rotatable bonds is 6. The first-order valence-corrected chi connectivity index (χ1v) is 11.8. The summed E-state index contributed by atoms with van der Waals surface area (Å²) in [4.78, 5) is 33.0. The largest absolute Gasteiger partial charge is 0.357 e. The number of carbonyl (C=O) groups is 2. The molecule has 2 aliphatic heterocycles. The molecule has 4 rings (SSSR count). The summed E-state index contributed by atoms with van der Waals surface area (Å²) in [6.07, 6.45) is 2.27. The van der Waals surface area contributed by atoms with E-state index in [4.69, 9.17) is 4.99 Å². The number of benzene rings is 2. The zero-order chi connectivity index (χ0) is 23.0. The number of nitrogens with one attached hydrogen (secondary N) is 2. The minimum atomic E-state index is -0.107. The second-order valence-electron chi connectivity index (χ2n) is 8.73. The lowest BCUT2D eigenvalue weighted by molar-refractivity contribution is -0.123. The predicted octanol–water partition coefficient (Wildman–Crippen LogP) is 2.29. The number of guanidine groups is 1. The highest BCUT2D eigenvalue weighted by molar-refractivity contribution is 5.97. The number of aliphatic imine (C=N–C) groups is 1. The molecule has 2 fully saturated rings. The number of nitrogens with zero attached hydrogens (tertiary/aromatic N) is 3. The van der Waals surface area contributed by atoms with Crippen LogP contribution >= 0.6 is 0 Å². The molecule has 174 valence electrons. The Hall–Kier alpha value is -3.35. The van der Waals surface area contributed by atoms with E-state index < -0.39 is 0 Å². The van der Waals surface area contributed by atoms with E-state index in [9.17, 15) is 9.59 Å². The van der Waals surface area contributed by atoms with Crippen molar-refractivity contribution in [1.29, 1.82) is 0 Å². The molecule has 0 saturated carbocycles. The van der Waals surface area contributed by atoms with Gasteiger partial charge in [-0.1, -0.05) is 42.5 Å². The molecule has 2 aromatic rings. The number of likely N-dealkylation sites (tertiary alicyclic amines) is 1. The molecule has 1 unspecified atom stereocenters. The number of hydrogen-bond acceptors (Lipinski definition) is 3. The smallest absolute Gasteiger partial charge is 0.254 e. The van der Waals surface area contributed by atoms with Crippen molar-refractivity contribution in [3.05, 3.63) is 71.3 Å². The fraction of sp³-hybridized carbons (Fsp3) is 0.423. The molecule has 0 spiro atoms. The third kappa shape index (κ3) is 6.12. The Morgan fingerprint density at radius 3 is 2.58 bits per heavy atom. The molecule has 0 aliphatic carbocycles. The van der Waals surface area contributed by atoms with Gasteiger partial charge in [0.05, 0.1) is 13.1 Å². The molecule has 2 aliphatic rings. The minimum absolute atomic E-state index is 0.102. The van der Waals surface area contributed by atoms with Crippen molar-refractivity contribution >= 4 is 17.8 Å². The van der Waals surface area contributed by atoms with Crippen LogP contribution in [0.25, 0.3) is 0 Å². The van der Waals surface area contributed by atoms with Crippen molar-refractivity contribution in [3.63, 3.8) is 0 Å². The monoisotopic (exact) mass is 447 g/mol. The van der Waals surface area contributed by atoms with Crippen LogP contribution in [0.4, 0.5) is 0 Å². The SMILES string of the molecule is CCNC(=NCc1ccc(C(=O)N2CCNC(=O)C2)cc1)N1CCC(Cc2ccccc2)C1. The van der Waals surface area contributed by atoms with Gasteiger partial charge in [0.15, 0.2) is 5.96 Å². The van der Waals surface area contributed by atoms with E-state index >= 15 is 0 Å². The van der Waals surface area contributed by atoms with Crippen molar-refractivity contribution in [2.24, 2.45) is 10.9 Å². The topological polar surface area (TPSA) is 77.0 Å². The van der Waals surface area contributed by atoms with Gasteiger partial charge in [-0.05, 0) is 48.9 Å². The van der Waals surface area contributed by atoms with Crippen LogP contribution in [0, 0.1) is 5.92 Å². The lowest BCUT2D eigenvalue weighted by Crippen LogP contribution is -2.49. The number of carbonyl (C=O) groups excluding carboxylic acids is 2. The third-order valence-corrected chi connectivity index (χ3v) is 6.23. The Kier molecular flexibility index (Phi) is 7.60. The van der Waals surface area contributed by atoms with Gasteiger partial charge in [-0.25, -0.2) is 4.99 Å². The molecule has 0 radical (unpaired) electrons. The van der Waals surface area contributed by atoms with Crippen LogP contribution in [0.5, 0.6) is 0 Å². The van der Waals surface area contributed by atoms with Gasteiger partial charge in [0, 0.05) is 38.3 Å². The van der Waals surface area contributed by atoms with Gasteiger partial charge < -0.3 is 20.4 Å². The van der Waals surface area contributed by atoms with Gasteiger partial charge in [-0.3, -0.25) is 9.59 Å². The van der Waals surface area contributed by atoms with Gasteiger partial charge in [0.25, 0.3) is 5.91 Å². The van der Waals surface area contributed by atoms with E-state index in [2.05, 4.69) is 52.8 Å². The molecule has 2 heterocycles. The summed E-state index contributed by atoms with van der Waals surface area (Å²) >= 11 is 0. The van der Waals surface area contributed by atoms with Gasteiger partial charge in [0.2, 0.25) is 5.91 Å². The van der Waals surface area contributed by atoms with E-state index in [-0.39, 0.29) is 18.4 Å². The van der Waals surface area contributed by atoms with Crippen molar-refractivity contribution in [1.82, 2.24) is 20.4 Å². The fourth-order valence-electron chi connectivity index (χ4n) is 4.48. The van der Waals surface area contributed by atoms with Crippen LogP contribution in [-0.4, -0.2) is 66.8 Å². The number of amides is 2. The van der Waals surface area contributed by atoms with Crippen molar-refractivity contribution < 1.29 is 9.59 Å². The zero-order valence-electron chi connectivity index (χ0n) is 19.3. The zero-order valence-corrected chi connectivity index (χ0v) is 19.3. The maximum absolute atomic E-state index is 12.6. The summed E-state index contributed by atoms with van der Waals surface area (Å²) in [6.45, 7) is 6.68. The Morgan fingerprint density at radius 1 is 1.06 bits per heavy atom. The van der Waals surface area contributed by atoms with Crippen molar-refractivity contribution in [2.75, 3.05) is 39.3 Å². The van der Waals surface area contributed by atoms with Crippen LogP contribution in [0.2, 0.25) is 0 Å². The summed E-state index contributed by atoms with van der Waals surface area (Å²) in [5, 5.41) is 6.18. The van der Waals surface area contributed by atoms with Crippen molar-refractivity contribution in [3.8, 4) is 0 Å². The van der Waals surface area contributed by atoms with Gasteiger partial charge in [-0.15, -0.1) is 0 Å². The lowest BCUT2D eigenvalue weighted by Gasteiger charge is -2.26. The summed E-state index contributed by atoms with van der Waals surface area (Å²) in [5.74, 6) is 1.38. The molecule has 2 saturated heterocycles. The average molecular weight is 448 g/mol. The molecule has 2 amide bonds. The van der Waals surface area contributed by atoms with E-state index in [0.717, 1.165) is 37.6 Å². The predicted molar refractivity (Wildman–Crippen MR) is 130 cm³/mol. The molecule has 2 N–H and O–H groups in total. The minimum Gasteiger partial charge on any atom is -0.357 e. The van der Waals surface area contributed by atoms with Crippen LogP contribution in [0.15, 0.2) is 59.6 Å². The van der Waals surface area contributed by atoms with E-state index in [1.54, 1.807) is 4.90 Å². The molecular formula is C26H33N5O2.